The molecule has 3 aromatic carbocycles. The number of alkyl halides is 3. The molecule has 2 aliphatic carbocycles. The molecule has 6 rings (SSSR count). The van der Waals surface area contributed by atoms with E-state index in [0.29, 0.717) is 24.0 Å². The molecule has 3 aromatic rings. The first-order chi connectivity index (χ1) is 20.7. The second kappa shape index (κ2) is 10.7. The van der Waals surface area contributed by atoms with Gasteiger partial charge in [-0.2, -0.15) is 13.2 Å². The molecular weight excluding hydrogens is 627 g/mol. The molecule has 1 heterocycles. The molecule has 0 bridgehead atoms. The highest BCUT2D eigenvalue weighted by Crippen LogP contribution is 2.62. The van der Waals surface area contributed by atoms with Gasteiger partial charge >= 0.3 is 6.18 Å². The number of hydrogen-bond donors (Lipinski definition) is 2. The monoisotopic (exact) mass is 654 g/mol. The summed E-state index contributed by atoms with van der Waals surface area (Å²) in [4.78, 5) is 13.1. The van der Waals surface area contributed by atoms with Crippen molar-refractivity contribution >= 4 is 33.2 Å². The van der Waals surface area contributed by atoms with E-state index in [9.17, 15) is 40.3 Å². The third-order valence-electron chi connectivity index (χ3n) is 9.24. The Morgan fingerprint density at radius 3 is 2.18 bits per heavy atom. The van der Waals surface area contributed by atoms with Crippen LogP contribution in [0.25, 0.3) is 0 Å². The Balaban J connectivity index is 1.42. The molecule has 2 fully saturated rings. The van der Waals surface area contributed by atoms with Gasteiger partial charge in [0.15, 0.2) is 5.60 Å². The average molecular weight is 655 g/mol. The van der Waals surface area contributed by atoms with Gasteiger partial charge in [-0.05, 0) is 110 Å². The lowest BCUT2D eigenvalue weighted by atomic mass is 9.61. The predicted octanol–water partition coefficient (Wildman–Crippen LogP) is 6.64. The summed E-state index contributed by atoms with van der Waals surface area (Å²) in [6, 6.07) is 11.7. The number of benzene rings is 3. The van der Waals surface area contributed by atoms with Gasteiger partial charge in [0.2, 0.25) is 0 Å². The molecule has 1 atom stereocenters. The van der Waals surface area contributed by atoms with E-state index in [1.807, 2.05) is 0 Å². The van der Waals surface area contributed by atoms with Crippen LogP contribution in [0.5, 0.6) is 0 Å². The maximum Gasteiger partial charge on any atom is 0.417 e. The summed E-state index contributed by atoms with van der Waals surface area (Å²) in [5, 5.41) is 13.4. The lowest BCUT2D eigenvalue weighted by molar-refractivity contribution is -0.273. The van der Waals surface area contributed by atoms with E-state index in [1.165, 1.54) is 34.6 Å². The standard InChI is InChI=1S/C31H28ClF5N2O4S/c32-25-16-22(34)5-3-20(25)17-38-28(40)19-4-10-26-24(15-19)29(11-13-30(41,14-12-29)31(35,36)37)27(18-1-2-18)39(26)44(42,43)23-8-6-21(33)7-9-23/h3-10,15-16,18,27,41H,1-2,11-14,17H2,(H,38,40). The van der Waals surface area contributed by atoms with E-state index >= 15 is 0 Å². The zero-order valence-corrected chi connectivity index (χ0v) is 24.7. The molecule has 0 saturated heterocycles. The van der Waals surface area contributed by atoms with Crippen LogP contribution in [0, 0.1) is 17.6 Å². The van der Waals surface area contributed by atoms with Crippen LogP contribution in [0.1, 0.15) is 60.0 Å². The van der Waals surface area contributed by atoms with Crippen molar-refractivity contribution in [3.8, 4) is 0 Å². The summed E-state index contributed by atoms with van der Waals surface area (Å²) in [5.41, 5.74) is -2.77. The van der Waals surface area contributed by atoms with Gasteiger partial charge in [0.25, 0.3) is 15.9 Å². The summed E-state index contributed by atoms with van der Waals surface area (Å²) in [6.45, 7) is -0.0332. The molecule has 2 N–H and O–H groups in total. The molecule has 6 nitrogen and oxygen atoms in total. The van der Waals surface area contributed by atoms with E-state index in [-0.39, 0.29) is 46.5 Å². The molecular formula is C31H28ClF5N2O4S. The Hall–Kier alpha value is -3.22. The largest absolute Gasteiger partial charge is 0.417 e. The molecule has 1 unspecified atom stereocenters. The number of anilines is 1. The minimum absolute atomic E-state index is 0.0332. The SMILES string of the molecule is O=C(NCc1ccc(F)cc1Cl)c1ccc2c(c1)C1(CCC(O)(C(F)(F)F)CC1)C(C1CC1)N2S(=O)(=O)c1ccc(F)cc1. The van der Waals surface area contributed by atoms with Crippen LogP contribution < -0.4 is 9.62 Å². The highest BCUT2D eigenvalue weighted by molar-refractivity contribution is 7.92. The summed E-state index contributed by atoms with van der Waals surface area (Å²) >= 11 is 6.08. The van der Waals surface area contributed by atoms with Crippen molar-refractivity contribution in [3.05, 3.63) is 94.0 Å². The van der Waals surface area contributed by atoms with Crippen molar-refractivity contribution in [1.82, 2.24) is 5.32 Å². The number of halogens is 6. The highest BCUT2D eigenvalue weighted by atomic mass is 35.5. The second-order valence-electron chi connectivity index (χ2n) is 11.9. The number of amides is 1. The van der Waals surface area contributed by atoms with Crippen LogP contribution in [0.3, 0.4) is 0 Å². The number of nitrogens with one attached hydrogen (secondary N) is 1. The lowest BCUT2D eigenvalue weighted by Crippen LogP contribution is -2.56. The van der Waals surface area contributed by atoms with Gasteiger partial charge in [-0.1, -0.05) is 17.7 Å². The van der Waals surface area contributed by atoms with E-state index < -0.39 is 63.6 Å². The minimum atomic E-state index is -4.87. The number of fused-ring (bicyclic) bond motifs is 2. The molecule has 1 amide bonds. The third-order valence-corrected chi connectivity index (χ3v) is 11.4. The number of sulfonamides is 1. The average Bonchev–Trinajstić information content (AvgIpc) is 3.76. The molecule has 0 radical (unpaired) electrons. The molecule has 3 aliphatic rings. The van der Waals surface area contributed by atoms with Crippen LogP contribution in [0.2, 0.25) is 5.02 Å². The molecule has 234 valence electrons. The van der Waals surface area contributed by atoms with Gasteiger partial charge in [-0.15, -0.1) is 0 Å². The van der Waals surface area contributed by atoms with Crippen LogP contribution in [0.15, 0.2) is 65.6 Å². The van der Waals surface area contributed by atoms with Crippen LogP contribution in [-0.2, 0) is 22.0 Å². The zero-order chi connectivity index (χ0) is 31.7. The summed E-state index contributed by atoms with van der Waals surface area (Å²) in [6.07, 6.45) is -5.15. The Morgan fingerprint density at radius 2 is 1.59 bits per heavy atom. The third kappa shape index (κ3) is 5.14. The minimum Gasteiger partial charge on any atom is -0.380 e. The number of carbonyl (C=O) groups excluding carboxylic acids is 1. The van der Waals surface area contributed by atoms with Crippen LogP contribution in [0.4, 0.5) is 27.6 Å². The van der Waals surface area contributed by atoms with Crippen LogP contribution in [-0.4, -0.2) is 37.3 Å². The van der Waals surface area contributed by atoms with Crippen molar-refractivity contribution in [2.24, 2.45) is 5.92 Å². The van der Waals surface area contributed by atoms with E-state index in [1.54, 1.807) is 0 Å². The van der Waals surface area contributed by atoms with E-state index in [4.69, 9.17) is 11.6 Å². The van der Waals surface area contributed by atoms with Crippen LogP contribution >= 0.6 is 11.6 Å². The predicted molar refractivity (Wildman–Crippen MR) is 153 cm³/mol. The molecule has 2 saturated carbocycles. The Morgan fingerprint density at radius 1 is 0.955 bits per heavy atom. The van der Waals surface area contributed by atoms with Crippen molar-refractivity contribution in [2.75, 3.05) is 4.31 Å². The quantitative estimate of drug-likeness (QED) is 0.292. The first-order valence-corrected chi connectivity index (χ1v) is 15.9. The fourth-order valence-electron chi connectivity index (χ4n) is 6.76. The van der Waals surface area contributed by atoms with Gasteiger partial charge in [-0.25, -0.2) is 17.2 Å². The topological polar surface area (TPSA) is 86.7 Å². The Bertz CT molecular complexity index is 1720. The summed E-state index contributed by atoms with van der Waals surface area (Å²) in [7, 11) is -4.31. The number of hydrogen-bond acceptors (Lipinski definition) is 4. The van der Waals surface area contributed by atoms with Crippen molar-refractivity contribution in [3.63, 3.8) is 0 Å². The van der Waals surface area contributed by atoms with Gasteiger partial charge in [0.1, 0.15) is 11.6 Å². The molecule has 1 spiro atoms. The normalized spacial score (nSPS) is 25.2. The first kappa shape index (κ1) is 30.8. The van der Waals surface area contributed by atoms with Gasteiger partial charge < -0.3 is 10.4 Å². The fourth-order valence-corrected chi connectivity index (χ4v) is 8.79. The van der Waals surface area contributed by atoms with Crippen molar-refractivity contribution in [2.45, 2.75) is 73.2 Å². The number of rotatable bonds is 6. The van der Waals surface area contributed by atoms with E-state index in [2.05, 4.69) is 5.32 Å². The molecule has 44 heavy (non-hydrogen) atoms. The lowest BCUT2D eigenvalue weighted by Gasteiger charge is -2.47. The molecule has 1 aliphatic heterocycles. The maximum absolute atomic E-state index is 14.2. The smallest absolute Gasteiger partial charge is 0.380 e. The highest BCUT2D eigenvalue weighted by Gasteiger charge is 2.65. The molecule has 0 aromatic heterocycles. The maximum atomic E-state index is 14.2. The Labute approximate surface area is 255 Å². The van der Waals surface area contributed by atoms with Crippen molar-refractivity contribution in [1.29, 1.82) is 0 Å². The number of carbonyl (C=O) groups is 1. The Kier molecular flexibility index (Phi) is 7.49. The summed E-state index contributed by atoms with van der Waals surface area (Å²) < 4.78 is 98.3. The van der Waals surface area contributed by atoms with Crippen molar-refractivity contribution < 1.29 is 40.3 Å². The summed E-state index contributed by atoms with van der Waals surface area (Å²) in [5.74, 6) is -1.87. The van der Waals surface area contributed by atoms with Gasteiger partial charge in [0.05, 0.1) is 16.6 Å². The second-order valence-corrected chi connectivity index (χ2v) is 14.1. The van der Waals surface area contributed by atoms with Gasteiger partial charge in [0, 0.05) is 22.5 Å². The van der Waals surface area contributed by atoms with Gasteiger partial charge in [-0.3, -0.25) is 9.10 Å². The zero-order valence-electron chi connectivity index (χ0n) is 23.2. The molecule has 13 heteroatoms. The number of aliphatic hydroxyl groups is 1. The van der Waals surface area contributed by atoms with E-state index in [0.717, 1.165) is 30.3 Å². The fraction of sp³-hybridized carbons (Fsp3) is 0.387. The first-order valence-electron chi connectivity index (χ1n) is 14.1. The number of nitrogens with zero attached hydrogens (tertiary/aromatic N) is 1.